The van der Waals surface area contributed by atoms with E-state index in [-0.39, 0.29) is 24.2 Å². The van der Waals surface area contributed by atoms with Crippen LogP contribution in [0.4, 0.5) is 0 Å². The van der Waals surface area contributed by atoms with Gasteiger partial charge in [-0.3, -0.25) is 28.9 Å². The van der Waals surface area contributed by atoms with Gasteiger partial charge < -0.3 is 27.0 Å². The first kappa shape index (κ1) is 27.1. The van der Waals surface area contributed by atoms with Crippen molar-refractivity contribution >= 4 is 29.0 Å². The van der Waals surface area contributed by atoms with E-state index >= 15 is 0 Å². The standard InChI is InChI=1S/C26H27N5O7/c1-31(2)20-19(34)16(23(28)37)21(35)25(11-27)22(36)17-18(33)15-13(9-24(17,29)10-26(20,25)30)12(5-4-8-38-3)6-7-14(15)32/h6-7,16-17,20,32H,8-10,29-30H2,1-3H3,(H2,28,37)/t16?,17?,20-,24-,25+,26-/m1/s1. The van der Waals surface area contributed by atoms with Crippen LogP contribution in [0.3, 0.4) is 0 Å². The quantitative estimate of drug-likeness (QED) is 0.247. The molecule has 38 heavy (non-hydrogen) atoms. The van der Waals surface area contributed by atoms with E-state index in [1.165, 1.54) is 38.2 Å². The van der Waals surface area contributed by atoms with Crippen LogP contribution in [-0.2, 0) is 30.3 Å². The molecule has 12 nitrogen and oxygen atoms in total. The second kappa shape index (κ2) is 8.82. The highest BCUT2D eigenvalue weighted by atomic mass is 16.5. The molecular formula is C26H27N5O7. The van der Waals surface area contributed by atoms with Crippen molar-refractivity contribution in [2.45, 2.75) is 30.0 Å². The topological polar surface area (TPSA) is 220 Å². The van der Waals surface area contributed by atoms with Gasteiger partial charge >= 0.3 is 0 Å². The number of phenols is 1. The summed E-state index contributed by atoms with van der Waals surface area (Å²) in [4.78, 5) is 68.6. The number of nitrogens with two attached hydrogens (primary N) is 3. The third kappa shape index (κ3) is 3.28. The van der Waals surface area contributed by atoms with Crippen LogP contribution in [-0.4, -0.2) is 84.0 Å². The van der Waals surface area contributed by atoms with Crippen LogP contribution >= 0.6 is 0 Å². The summed E-state index contributed by atoms with van der Waals surface area (Å²) >= 11 is 0. The fourth-order valence-electron chi connectivity index (χ4n) is 6.53. The molecule has 0 bridgehead atoms. The molecule has 3 aliphatic rings. The number of Topliss-reactive ketones (excluding diaryl/α,β-unsaturated/α-hetero) is 4. The molecule has 4 rings (SSSR count). The maximum atomic E-state index is 14.2. The smallest absolute Gasteiger partial charge is 0.235 e. The number of benzene rings is 1. The minimum absolute atomic E-state index is 0.0881. The third-order valence-electron chi connectivity index (χ3n) is 7.91. The van der Waals surface area contributed by atoms with Crippen LogP contribution < -0.4 is 17.2 Å². The predicted molar refractivity (Wildman–Crippen MR) is 130 cm³/mol. The largest absolute Gasteiger partial charge is 0.507 e. The highest BCUT2D eigenvalue weighted by Crippen LogP contribution is 2.56. The van der Waals surface area contributed by atoms with Gasteiger partial charge in [0.2, 0.25) is 5.91 Å². The van der Waals surface area contributed by atoms with Gasteiger partial charge in [0.05, 0.1) is 23.2 Å². The number of hydrogen-bond donors (Lipinski definition) is 4. The number of carbonyl (C=O) groups excluding carboxylic acids is 5. The number of carbonyl (C=O) groups is 5. The van der Waals surface area contributed by atoms with E-state index in [2.05, 4.69) is 11.8 Å². The number of rotatable bonds is 3. The molecule has 2 saturated carbocycles. The predicted octanol–water partition coefficient (Wildman–Crippen LogP) is -2.19. The molecule has 0 aliphatic heterocycles. The number of ketones is 4. The zero-order valence-electron chi connectivity index (χ0n) is 21.0. The first-order chi connectivity index (χ1) is 17.7. The maximum absolute atomic E-state index is 14.2. The molecule has 12 heteroatoms. The lowest BCUT2D eigenvalue weighted by Crippen LogP contribution is -2.85. The molecular weight excluding hydrogens is 494 g/mol. The Balaban J connectivity index is 2.01. The summed E-state index contributed by atoms with van der Waals surface area (Å²) in [6.45, 7) is 0.0881. The number of hydrogen-bond acceptors (Lipinski definition) is 11. The molecule has 6 atom stereocenters. The maximum Gasteiger partial charge on any atom is 0.235 e. The molecule has 0 heterocycles. The van der Waals surface area contributed by atoms with E-state index in [0.717, 1.165) is 0 Å². The fourth-order valence-corrected chi connectivity index (χ4v) is 6.53. The summed E-state index contributed by atoms with van der Waals surface area (Å²) in [6, 6.07) is 2.94. The summed E-state index contributed by atoms with van der Waals surface area (Å²) in [5.74, 6) is -4.49. The number of ether oxygens (including phenoxy) is 1. The van der Waals surface area contributed by atoms with Crippen molar-refractivity contribution in [3.8, 4) is 23.7 Å². The van der Waals surface area contributed by atoms with Crippen LogP contribution in [0.2, 0.25) is 0 Å². The van der Waals surface area contributed by atoms with Crippen molar-refractivity contribution in [1.82, 2.24) is 4.90 Å². The van der Waals surface area contributed by atoms with Gasteiger partial charge in [-0.15, -0.1) is 0 Å². The number of methoxy groups -OCH3 is 1. The van der Waals surface area contributed by atoms with Crippen LogP contribution in [0.25, 0.3) is 0 Å². The van der Waals surface area contributed by atoms with E-state index in [1.807, 2.05) is 0 Å². The van der Waals surface area contributed by atoms with E-state index < -0.39 is 75.6 Å². The van der Waals surface area contributed by atoms with Gasteiger partial charge in [-0.25, -0.2) is 0 Å². The lowest BCUT2D eigenvalue weighted by Gasteiger charge is -2.60. The monoisotopic (exact) mass is 521 g/mol. The van der Waals surface area contributed by atoms with Crippen LogP contribution in [0.1, 0.15) is 27.9 Å². The zero-order valence-corrected chi connectivity index (χ0v) is 21.0. The van der Waals surface area contributed by atoms with E-state index in [0.29, 0.717) is 5.56 Å². The Morgan fingerprint density at radius 1 is 1.21 bits per heavy atom. The highest BCUT2D eigenvalue weighted by Gasteiger charge is 2.78. The van der Waals surface area contributed by atoms with Gasteiger partial charge in [-0.2, -0.15) is 5.26 Å². The minimum atomic E-state index is -2.78. The van der Waals surface area contributed by atoms with Gasteiger partial charge in [0.15, 0.2) is 34.5 Å². The Hall–Kier alpha value is -3.94. The van der Waals surface area contributed by atoms with Crippen molar-refractivity contribution in [3.05, 3.63) is 28.8 Å². The van der Waals surface area contributed by atoms with Crippen molar-refractivity contribution in [2.24, 2.45) is 34.5 Å². The summed E-state index contributed by atoms with van der Waals surface area (Å²) in [7, 11) is 4.34. The van der Waals surface area contributed by atoms with E-state index in [9.17, 15) is 34.3 Å². The van der Waals surface area contributed by atoms with E-state index in [1.54, 1.807) is 6.07 Å². The summed E-state index contributed by atoms with van der Waals surface area (Å²) in [5, 5.41) is 20.9. The molecule has 2 fully saturated rings. The summed E-state index contributed by atoms with van der Waals surface area (Å²) in [5.41, 5.74) is 12.6. The number of amides is 1. The Labute approximate surface area is 218 Å². The van der Waals surface area contributed by atoms with Crippen LogP contribution in [0.15, 0.2) is 12.1 Å². The number of phenolic OH excluding ortho intramolecular Hbond substituents is 1. The zero-order chi connectivity index (χ0) is 28.4. The van der Waals surface area contributed by atoms with Crippen LogP contribution in [0, 0.1) is 40.4 Å². The Bertz CT molecular complexity index is 1420. The summed E-state index contributed by atoms with van der Waals surface area (Å²) in [6.07, 6.45) is -0.667. The number of likely N-dealkylation sites (N-methyl/N-ethyl adjacent to an activating group) is 1. The molecule has 1 aromatic rings. The molecule has 1 amide bonds. The van der Waals surface area contributed by atoms with Gasteiger partial charge in [-0.1, -0.05) is 11.8 Å². The number of nitrogens with zero attached hydrogens (tertiary/aromatic N) is 2. The van der Waals surface area contributed by atoms with Gasteiger partial charge in [0.25, 0.3) is 0 Å². The lowest BCUT2D eigenvalue weighted by atomic mass is 9.42. The van der Waals surface area contributed by atoms with E-state index in [4.69, 9.17) is 21.9 Å². The molecule has 0 radical (unpaired) electrons. The lowest BCUT2D eigenvalue weighted by molar-refractivity contribution is -0.166. The molecule has 0 aromatic heterocycles. The van der Waals surface area contributed by atoms with Crippen molar-refractivity contribution in [2.75, 3.05) is 27.8 Å². The second-order valence-electron chi connectivity index (χ2n) is 10.3. The normalized spacial score (nSPS) is 34.0. The average molecular weight is 522 g/mol. The Morgan fingerprint density at radius 2 is 1.87 bits per heavy atom. The molecule has 1 aromatic carbocycles. The second-order valence-corrected chi connectivity index (χ2v) is 10.3. The van der Waals surface area contributed by atoms with Crippen molar-refractivity contribution in [3.63, 3.8) is 0 Å². The first-order valence-electron chi connectivity index (χ1n) is 11.7. The molecule has 2 unspecified atom stereocenters. The third-order valence-corrected chi connectivity index (χ3v) is 7.91. The van der Waals surface area contributed by atoms with Gasteiger partial charge in [0, 0.05) is 18.2 Å². The van der Waals surface area contributed by atoms with Crippen LogP contribution in [0.5, 0.6) is 5.75 Å². The van der Waals surface area contributed by atoms with Gasteiger partial charge in [0.1, 0.15) is 18.3 Å². The summed E-state index contributed by atoms with van der Waals surface area (Å²) < 4.78 is 4.94. The van der Waals surface area contributed by atoms with Crippen molar-refractivity contribution < 1.29 is 33.8 Å². The molecule has 0 saturated heterocycles. The Morgan fingerprint density at radius 3 is 2.42 bits per heavy atom. The molecule has 3 aliphatic carbocycles. The minimum Gasteiger partial charge on any atom is -0.507 e. The van der Waals surface area contributed by atoms with Gasteiger partial charge in [-0.05, 0) is 44.6 Å². The SMILES string of the molecule is COCC#Cc1ccc(O)c2c1C[C@@]1(N)C[C@@]3(N)[C@H](N(C)C)C(=O)C(C(N)=O)C(=O)[C@@]3(C#N)C(=O)C1C2=O. The Kier molecular flexibility index (Phi) is 6.29. The number of aromatic hydroxyl groups is 1. The number of nitriles is 1. The molecule has 198 valence electrons. The molecule has 0 spiro atoms. The highest BCUT2D eigenvalue weighted by molar-refractivity contribution is 6.33. The first-order valence-corrected chi connectivity index (χ1v) is 11.7. The number of primary amides is 1. The van der Waals surface area contributed by atoms with Crippen molar-refractivity contribution in [1.29, 1.82) is 5.26 Å². The average Bonchev–Trinajstić information content (AvgIpc) is 2.79. The number of fused-ring (bicyclic) bond motifs is 3. The fraction of sp³-hybridized carbons (Fsp3) is 0.462. The molecule has 7 N–H and O–H groups in total.